The fourth-order valence-electron chi connectivity index (χ4n) is 0.976. The number of hydrogen-bond donors (Lipinski definition) is 1. The van der Waals surface area contributed by atoms with E-state index in [4.69, 9.17) is 10.5 Å². The molecule has 1 heterocycles. The Hall–Kier alpha value is -1.52. The van der Waals surface area contributed by atoms with E-state index in [1.165, 1.54) is 4.68 Å². The van der Waals surface area contributed by atoms with Gasteiger partial charge in [-0.2, -0.15) is 5.10 Å². The minimum absolute atomic E-state index is 0.188. The molecule has 5 heteroatoms. The molecule has 1 aromatic heterocycles. The molecule has 0 unspecified atom stereocenters. The van der Waals surface area contributed by atoms with Gasteiger partial charge in [0.1, 0.15) is 0 Å². The van der Waals surface area contributed by atoms with Gasteiger partial charge in [0.25, 0.3) is 0 Å². The van der Waals surface area contributed by atoms with Crippen LogP contribution >= 0.6 is 0 Å². The zero-order valence-corrected chi connectivity index (χ0v) is 8.65. The second-order valence-electron chi connectivity index (χ2n) is 3.60. The van der Waals surface area contributed by atoms with Gasteiger partial charge in [0.2, 0.25) is 0 Å². The number of anilines is 1. The predicted octanol–water partition coefficient (Wildman–Crippen LogP) is 0.815. The van der Waals surface area contributed by atoms with Gasteiger partial charge in [-0.25, -0.2) is 4.79 Å². The normalized spacial score (nSPS) is 10.6. The number of nitrogen functional groups attached to an aromatic ring is 1. The summed E-state index contributed by atoms with van der Waals surface area (Å²) in [5, 5.41) is 3.91. The summed E-state index contributed by atoms with van der Waals surface area (Å²) in [5.74, 6) is -0.152. The monoisotopic (exact) mass is 197 g/mol. The molecule has 14 heavy (non-hydrogen) atoms. The van der Waals surface area contributed by atoms with Gasteiger partial charge in [0, 0.05) is 13.2 Å². The van der Waals surface area contributed by atoms with E-state index in [1.54, 1.807) is 13.2 Å². The van der Waals surface area contributed by atoms with Crippen LogP contribution in [0.25, 0.3) is 0 Å². The molecule has 0 aliphatic rings. The third-order valence-electron chi connectivity index (χ3n) is 1.60. The van der Waals surface area contributed by atoms with Crippen LogP contribution in [0.5, 0.6) is 0 Å². The van der Waals surface area contributed by atoms with E-state index in [0.29, 0.717) is 18.2 Å². The Balaban J connectivity index is 2.65. The van der Waals surface area contributed by atoms with Crippen molar-refractivity contribution in [1.82, 2.24) is 9.78 Å². The van der Waals surface area contributed by atoms with Gasteiger partial charge in [0.05, 0.1) is 12.3 Å². The summed E-state index contributed by atoms with van der Waals surface area (Å²) in [6.07, 6.45) is 1.58. The van der Waals surface area contributed by atoms with E-state index >= 15 is 0 Å². The van der Waals surface area contributed by atoms with E-state index in [0.717, 1.165) is 0 Å². The molecule has 0 atom stereocenters. The van der Waals surface area contributed by atoms with Crippen LogP contribution < -0.4 is 5.73 Å². The lowest BCUT2D eigenvalue weighted by molar-refractivity contribution is 0.0452. The number of aromatic nitrogens is 2. The lowest BCUT2D eigenvalue weighted by Gasteiger charge is -2.05. The molecule has 0 aliphatic carbocycles. The van der Waals surface area contributed by atoms with Crippen molar-refractivity contribution >= 4 is 11.7 Å². The van der Waals surface area contributed by atoms with Gasteiger partial charge in [-0.1, -0.05) is 13.8 Å². The van der Waals surface area contributed by atoms with Crippen molar-refractivity contribution in [3.8, 4) is 0 Å². The quantitative estimate of drug-likeness (QED) is 0.728. The third-order valence-corrected chi connectivity index (χ3v) is 1.60. The van der Waals surface area contributed by atoms with Crippen LogP contribution in [0.4, 0.5) is 5.69 Å². The number of esters is 1. The summed E-state index contributed by atoms with van der Waals surface area (Å²) >= 11 is 0. The molecule has 0 aromatic carbocycles. The molecule has 2 N–H and O–H groups in total. The minimum atomic E-state index is -0.461. The molecular formula is C9H15N3O2. The zero-order chi connectivity index (χ0) is 10.7. The molecule has 5 nitrogen and oxygen atoms in total. The molecule has 0 radical (unpaired) electrons. The maximum Gasteiger partial charge on any atom is 0.361 e. The topological polar surface area (TPSA) is 70.1 Å². The highest BCUT2D eigenvalue weighted by Gasteiger charge is 2.15. The Morgan fingerprint density at radius 3 is 2.79 bits per heavy atom. The van der Waals surface area contributed by atoms with Crippen molar-refractivity contribution in [2.24, 2.45) is 13.0 Å². The van der Waals surface area contributed by atoms with Crippen LogP contribution in [0.15, 0.2) is 6.20 Å². The van der Waals surface area contributed by atoms with Gasteiger partial charge in [0.15, 0.2) is 5.69 Å². The maximum atomic E-state index is 11.4. The first-order chi connectivity index (χ1) is 6.50. The van der Waals surface area contributed by atoms with Crippen LogP contribution in [0.2, 0.25) is 0 Å². The van der Waals surface area contributed by atoms with Crippen molar-refractivity contribution in [3.05, 3.63) is 11.9 Å². The number of rotatable bonds is 3. The highest BCUT2D eigenvalue weighted by Crippen LogP contribution is 2.09. The number of carbonyl (C=O) groups is 1. The smallest absolute Gasteiger partial charge is 0.361 e. The maximum absolute atomic E-state index is 11.4. The predicted molar refractivity (Wildman–Crippen MR) is 52.7 cm³/mol. The summed E-state index contributed by atoms with van der Waals surface area (Å²) in [6, 6.07) is 0. The number of hydrogen-bond acceptors (Lipinski definition) is 4. The summed E-state index contributed by atoms with van der Waals surface area (Å²) in [5.41, 5.74) is 6.10. The fourth-order valence-corrected chi connectivity index (χ4v) is 0.976. The summed E-state index contributed by atoms with van der Waals surface area (Å²) < 4.78 is 6.48. The lowest BCUT2D eigenvalue weighted by atomic mass is 10.2. The van der Waals surface area contributed by atoms with E-state index in [2.05, 4.69) is 5.10 Å². The highest BCUT2D eigenvalue weighted by molar-refractivity contribution is 5.92. The van der Waals surface area contributed by atoms with Gasteiger partial charge < -0.3 is 10.5 Å². The Morgan fingerprint density at radius 2 is 2.36 bits per heavy atom. The van der Waals surface area contributed by atoms with Gasteiger partial charge in [-0.15, -0.1) is 0 Å². The number of nitrogens with zero attached hydrogens (tertiary/aromatic N) is 2. The summed E-state index contributed by atoms with van der Waals surface area (Å²) in [4.78, 5) is 11.4. The van der Waals surface area contributed by atoms with Crippen molar-refractivity contribution < 1.29 is 9.53 Å². The average Bonchev–Trinajstić information content (AvgIpc) is 2.41. The van der Waals surface area contributed by atoms with E-state index in [1.807, 2.05) is 13.8 Å². The zero-order valence-electron chi connectivity index (χ0n) is 8.65. The molecule has 0 aliphatic heterocycles. The largest absolute Gasteiger partial charge is 0.461 e. The van der Waals surface area contributed by atoms with Crippen LogP contribution in [0.1, 0.15) is 24.3 Å². The number of carbonyl (C=O) groups excluding carboxylic acids is 1. The highest BCUT2D eigenvalue weighted by atomic mass is 16.5. The SMILES string of the molecule is CC(C)COC(=O)c1nn(C)cc1N. The van der Waals surface area contributed by atoms with Gasteiger partial charge >= 0.3 is 5.97 Å². The Bertz CT molecular complexity index is 331. The van der Waals surface area contributed by atoms with Crippen LogP contribution in [0, 0.1) is 5.92 Å². The number of ether oxygens (including phenoxy) is 1. The molecule has 78 valence electrons. The fraction of sp³-hybridized carbons (Fsp3) is 0.556. The first kappa shape index (κ1) is 10.6. The minimum Gasteiger partial charge on any atom is -0.461 e. The first-order valence-electron chi connectivity index (χ1n) is 4.47. The number of aryl methyl sites for hydroxylation is 1. The van der Waals surface area contributed by atoms with Crippen molar-refractivity contribution in [3.63, 3.8) is 0 Å². The van der Waals surface area contributed by atoms with E-state index < -0.39 is 5.97 Å². The van der Waals surface area contributed by atoms with Crippen molar-refractivity contribution in [1.29, 1.82) is 0 Å². The second kappa shape index (κ2) is 4.13. The molecule has 0 amide bonds. The average molecular weight is 197 g/mol. The summed E-state index contributed by atoms with van der Waals surface area (Å²) in [6.45, 7) is 4.32. The second-order valence-corrected chi connectivity index (χ2v) is 3.60. The first-order valence-corrected chi connectivity index (χ1v) is 4.47. The Labute approximate surface area is 82.8 Å². The lowest BCUT2D eigenvalue weighted by Crippen LogP contribution is -2.12. The molecular weight excluding hydrogens is 182 g/mol. The molecule has 1 rings (SSSR count). The third kappa shape index (κ3) is 2.48. The molecule has 0 fully saturated rings. The summed E-state index contributed by atoms with van der Waals surface area (Å²) in [7, 11) is 1.70. The van der Waals surface area contributed by atoms with Crippen LogP contribution in [0.3, 0.4) is 0 Å². The van der Waals surface area contributed by atoms with Crippen LogP contribution in [-0.2, 0) is 11.8 Å². The van der Waals surface area contributed by atoms with Crippen molar-refractivity contribution in [2.45, 2.75) is 13.8 Å². The van der Waals surface area contributed by atoms with E-state index in [-0.39, 0.29) is 5.69 Å². The number of nitrogens with two attached hydrogens (primary N) is 1. The van der Waals surface area contributed by atoms with E-state index in [9.17, 15) is 4.79 Å². The molecule has 0 spiro atoms. The van der Waals surface area contributed by atoms with Gasteiger partial charge in [-0.3, -0.25) is 4.68 Å². The molecule has 0 bridgehead atoms. The van der Waals surface area contributed by atoms with Crippen LogP contribution in [-0.4, -0.2) is 22.4 Å². The van der Waals surface area contributed by atoms with Crippen molar-refractivity contribution in [2.75, 3.05) is 12.3 Å². The molecule has 0 saturated heterocycles. The molecule has 1 aromatic rings. The standard InChI is InChI=1S/C9H15N3O2/c1-6(2)5-14-9(13)8-7(10)4-12(3)11-8/h4,6H,5,10H2,1-3H3. The Morgan fingerprint density at radius 1 is 1.71 bits per heavy atom. The van der Waals surface area contributed by atoms with Gasteiger partial charge in [-0.05, 0) is 5.92 Å². The molecule has 0 saturated carbocycles. The Kier molecular flexibility index (Phi) is 3.11.